The third-order valence-corrected chi connectivity index (χ3v) is 3.79. The van der Waals surface area contributed by atoms with Crippen molar-refractivity contribution >= 4 is 10.0 Å². The van der Waals surface area contributed by atoms with Gasteiger partial charge in [-0.05, 0) is 36.1 Å². The lowest BCUT2D eigenvalue weighted by Crippen LogP contribution is -2.32. The summed E-state index contributed by atoms with van der Waals surface area (Å²) in [6.45, 7) is 0.931. The van der Waals surface area contributed by atoms with Crippen LogP contribution in [-0.4, -0.2) is 27.8 Å². The highest BCUT2D eigenvalue weighted by Crippen LogP contribution is 2.31. The molecule has 0 heterocycles. The lowest BCUT2D eigenvalue weighted by atomic mass is 10.1. The van der Waals surface area contributed by atoms with Crippen LogP contribution in [-0.2, 0) is 16.4 Å². The zero-order valence-corrected chi connectivity index (χ0v) is 11.1. The maximum Gasteiger partial charge on any atom is 0.208 e. The first-order valence-corrected chi connectivity index (χ1v) is 7.81. The highest BCUT2D eigenvalue weighted by molar-refractivity contribution is 7.88. The van der Waals surface area contributed by atoms with Gasteiger partial charge in [0.1, 0.15) is 5.82 Å². The van der Waals surface area contributed by atoms with E-state index in [1.165, 1.54) is 6.07 Å². The van der Waals surface area contributed by atoms with Crippen molar-refractivity contribution in [3.63, 3.8) is 0 Å². The molecule has 2 rings (SSSR count). The summed E-state index contributed by atoms with van der Waals surface area (Å²) < 4.78 is 37.2. The van der Waals surface area contributed by atoms with E-state index in [-0.39, 0.29) is 11.9 Å². The minimum Gasteiger partial charge on any atom is -0.309 e. The first kappa shape index (κ1) is 13.5. The molecule has 0 aliphatic heterocycles. The van der Waals surface area contributed by atoms with E-state index in [1.54, 1.807) is 12.1 Å². The number of hydrogen-bond donors (Lipinski definition) is 2. The molecule has 0 saturated heterocycles. The average molecular weight is 272 g/mol. The zero-order chi connectivity index (χ0) is 13.2. The van der Waals surface area contributed by atoms with Crippen molar-refractivity contribution in [3.05, 3.63) is 35.1 Å². The van der Waals surface area contributed by atoms with Crippen LogP contribution in [0.5, 0.6) is 0 Å². The molecular weight excluding hydrogens is 255 g/mol. The first-order chi connectivity index (χ1) is 8.46. The number of benzene rings is 1. The molecule has 1 aliphatic carbocycles. The molecule has 0 fully saturated rings. The van der Waals surface area contributed by atoms with Crippen molar-refractivity contribution in [2.24, 2.45) is 0 Å². The summed E-state index contributed by atoms with van der Waals surface area (Å²) in [5.74, 6) is -0.201. The van der Waals surface area contributed by atoms with Crippen LogP contribution in [0.1, 0.15) is 23.6 Å². The summed E-state index contributed by atoms with van der Waals surface area (Å²) in [7, 11) is -3.13. The van der Waals surface area contributed by atoms with Crippen molar-refractivity contribution in [2.75, 3.05) is 19.3 Å². The van der Waals surface area contributed by atoms with Crippen LogP contribution in [0.25, 0.3) is 0 Å². The van der Waals surface area contributed by atoms with Crippen molar-refractivity contribution in [3.8, 4) is 0 Å². The van der Waals surface area contributed by atoms with Crippen LogP contribution in [0.4, 0.5) is 4.39 Å². The Labute approximate surface area is 107 Å². The van der Waals surface area contributed by atoms with Crippen LogP contribution in [0.15, 0.2) is 18.2 Å². The number of fused-ring (bicyclic) bond motifs is 1. The van der Waals surface area contributed by atoms with E-state index in [0.29, 0.717) is 13.1 Å². The molecule has 0 spiro atoms. The fraction of sp³-hybridized carbons (Fsp3) is 0.500. The lowest BCUT2D eigenvalue weighted by Gasteiger charge is -2.14. The van der Waals surface area contributed by atoms with Crippen molar-refractivity contribution in [2.45, 2.75) is 18.9 Å². The minimum atomic E-state index is -3.13. The number of sulfonamides is 1. The number of nitrogens with one attached hydrogen (secondary N) is 2. The Hall–Kier alpha value is -0.980. The number of aryl methyl sites for hydroxylation is 1. The molecule has 1 atom stereocenters. The molecule has 1 aliphatic rings. The molecule has 1 aromatic carbocycles. The Morgan fingerprint density at radius 2 is 2.17 bits per heavy atom. The van der Waals surface area contributed by atoms with Crippen molar-refractivity contribution in [1.82, 2.24) is 10.0 Å². The molecule has 6 heteroatoms. The van der Waals surface area contributed by atoms with Gasteiger partial charge in [-0.25, -0.2) is 17.5 Å². The first-order valence-electron chi connectivity index (χ1n) is 5.92. The Morgan fingerprint density at radius 3 is 2.89 bits per heavy atom. The molecule has 0 saturated carbocycles. The van der Waals surface area contributed by atoms with Crippen LogP contribution in [0, 0.1) is 5.82 Å². The standard InChI is InChI=1S/C12H17FN2O2S/c1-18(16,17)15-7-6-14-12-5-2-9-8-10(13)3-4-11(9)12/h3-4,8,12,14-15H,2,5-7H2,1H3. The second-order valence-electron chi connectivity index (χ2n) is 4.56. The SMILES string of the molecule is CS(=O)(=O)NCCNC1CCc2cc(F)ccc21. The molecule has 18 heavy (non-hydrogen) atoms. The maximum absolute atomic E-state index is 13.0. The van der Waals surface area contributed by atoms with Gasteiger partial charge in [-0.15, -0.1) is 0 Å². The van der Waals surface area contributed by atoms with Crippen molar-refractivity contribution < 1.29 is 12.8 Å². The monoisotopic (exact) mass is 272 g/mol. The van der Waals surface area contributed by atoms with Gasteiger partial charge in [0.05, 0.1) is 6.26 Å². The predicted octanol–water partition coefficient (Wildman–Crippen LogP) is 0.952. The molecule has 0 aromatic heterocycles. The normalized spacial score (nSPS) is 18.9. The third kappa shape index (κ3) is 3.51. The Morgan fingerprint density at radius 1 is 1.39 bits per heavy atom. The van der Waals surface area contributed by atoms with Gasteiger partial charge in [-0.1, -0.05) is 6.07 Å². The van der Waals surface area contributed by atoms with E-state index in [9.17, 15) is 12.8 Å². The van der Waals surface area contributed by atoms with E-state index in [4.69, 9.17) is 0 Å². The molecule has 4 nitrogen and oxygen atoms in total. The van der Waals surface area contributed by atoms with Crippen LogP contribution >= 0.6 is 0 Å². The van der Waals surface area contributed by atoms with Gasteiger partial charge in [-0.3, -0.25) is 0 Å². The molecule has 100 valence electrons. The van der Waals surface area contributed by atoms with Crippen molar-refractivity contribution in [1.29, 1.82) is 0 Å². The Balaban J connectivity index is 1.87. The van der Waals surface area contributed by atoms with Crippen LogP contribution < -0.4 is 10.0 Å². The Kier molecular flexibility index (Phi) is 3.99. The zero-order valence-electron chi connectivity index (χ0n) is 10.2. The summed E-state index contributed by atoms with van der Waals surface area (Å²) in [6, 6.07) is 5.04. The summed E-state index contributed by atoms with van der Waals surface area (Å²) in [5, 5.41) is 3.28. The fourth-order valence-corrected chi connectivity index (χ4v) is 2.75. The van der Waals surface area contributed by atoms with Gasteiger partial charge in [0.15, 0.2) is 0 Å². The summed E-state index contributed by atoms with van der Waals surface area (Å²) in [6.07, 6.45) is 2.93. The molecular formula is C12H17FN2O2S. The van der Waals surface area contributed by atoms with Gasteiger partial charge >= 0.3 is 0 Å². The molecule has 1 aromatic rings. The van der Waals surface area contributed by atoms with Gasteiger partial charge in [0, 0.05) is 19.1 Å². The van der Waals surface area contributed by atoms with E-state index >= 15 is 0 Å². The number of halogens is 1. The summed E-state index contributed by atoms with van der Waals surface area (Å²) in [5.41, 5.74) is 2.17. The van der Waals surface area contributed by atoms with Gasteiger partial charge in [0.25, 0.3) is 0 Å². The summed E-state index contributed by atoms with van der Waals surface area (Å²) in [4.78, 5) is 0. The van der Waals surface area contributed by atoms with Gasteiger partial charge in [0.2, 0.25) is 10.0 Å². The van der Waals surface area contributed by atoms with Crippen LogP contribution in [0.3, 0.4) is 0 Å². The maximum atomic E-state index is 13.0. The largest absolute Gasteiger partial charge is 0.309 e. The predicted molar refractivity (Wildman–Crippen MR) is 68.3 cm³/mol. The molecule has 0 amide bonds. The topological polar surface area (TPSA) is 58.2 Å². The third-order valence-electron chi connectivity index (χ3n) is 3.06. The quantitative estimate of drug-likeness (QED) is 0.785. The van der Waals surface area contributed by atoms with Gasteiger partial charge < -0.3 is 5.32 Å². The van der Waals surface area contributed by atoms with Gasteiger partial charge in [-0.2, -0.15) is 0 Å². The minimum absolute atomic E-state index is 0.196. The number of rotatable bonds is 5. The molecule has 0 bridgehead atoms. The van der Waals surface area contributed by atoms with E-state index < -0.39 is 10.0 Å². The second-order valence-corrected chi connectivity index (χ2v) is 6.39. The highest BCUT2D eigenvalue weighted by Gasteiger charge is 2.21. The molecule has 2 N–H and O–H groups in total. The number of hydrogen-bond acceptors (Lipinski definition) is 3. The van der Waals surface area contributed by atoms with E-state index in [1.807, 2.05) is 0 Å². The Bertz CT molecular complexity index is 531. The van der Waals surface area contributed by atoms with Crippen LogP contribution in [0.2, 0.25) is 0 Å². The second kappa shape index (κ2) is 5.34. The smallest absolute Gasteiger partial charge is 0.208 e. The lowest BCUT2D eigenvalue weighted by molar-refractivity contribution is 0.526. The average Bonchev–Trinajstić information content (AvgIpc) is 2.65. The summed E-state index contributed by atoms with van der Waals surface area (Å²) >= 11 is 0. The van der Waals surface area contributed by atoms with E-state index in [2.05, 4.69) is 10.0 Å². The molecule has 1 unspecified atom stereocenters. The molecule has 0 radical (unpaired) electrons. The fourth-order valence-electron chi connectivity index (χ4n) is 2.28. The van der Waals surface area contributed by atoms with E-state index in [0.717, 1.165) is 30.2 Å². The highest BCUT2D eigenvalue weighted by atomic mass is 32.2.